The van der Waals surface area contributed by atoms with Crippen LogP contribution in [0.4, 0.5) is 4.79 Å². The first-order chi connectivity index (χ1) is 14.8. The third-order valence-electron chi connectivity index (χ3n) is 5.92. The summed E-state index contributed by atoms with van der Waals surface area (Å²) >= 11 is 0. The number of aromatic amines is 1. The van der Waals surface area contributed by atoms with E-state index in [1.165, 1.54) is 0 Å². The number of benzene rings is 2. The van der Waals surface area contributed by atoms with E-state index in [2.05, 4.69) is 24.1 Å². The van der Waals surface area contributed by atoms with Crippen molar-refractivity contribution in [1.29, 1.82) is 0 Å². The summed E-state index contributed by atoms with van der Waals surface area (Å²) in [6, 6.07) is 16.7. The number of carbonyl (C=O) groups excluding carboxylic acids is 3. The number of H-pyrrole nitrogens is 1. The lowest BCUT2D eigenvalue weighted by molar-refractivity contribution is -0.130. The van der Waals surface area contributed by atoms with Crippen LogP contribution in [-0.4, -0.2) is 39.7 Å². The monoisotopic (exact) mass is 417 g/mol. The molecule has 0 radical (unpaired) electrons. The molecule has 31 heavy (non-hydrogen) atoms. The Labute approximate surface area is 181 Å². The van der Waals surface area contributed by atoms with Crippen LogP contribution >= 0.6 is 0 Å². The second kappa shape index (κ2) is 8.02. The maximum Gasteiger partial charge on any atom is 0.325 e. The van der Waals surface area contributed by atoms with Gasteiger partial charge in [0, 0.05) is 10.9 Å². The summed E-state index contributed by atoms with van der Waals surface area (Å²) in [6.07, 6.45) is 1.35. The standard InChI is InChI=1S/C25H27N3O3/c1-16(2)13-14-25(3)23(30)28(24(31)27-25)15-20(29)21-18-11-7-8-12-19(18)26-22(21)17-9-5-4-6-10-17/h4-12,16,26H,13-15H2,1-3H3,(H,27,31)/t25-/m0/s1. The number of ketones is 1. The van der Waals surface area contributed by atoms with E-state index in [1.54, 1.807) is 6.92 Å². The Morgan fingerprint density at radius 1 is 1.03 bits per heavy atom. The van der Waals surface area contributed by atoms with Crippen LogP contribution in [0.25, 0.3) is 22.2 Å². The van der Waals surface area contributed by atoms with E-state index in [-0.39, 0.29) is 18.2 Å². The van der Waals surface area contributed by atoms with Gasteiger partial charge in [-0.05, 0) is 37.3 Å². The fraction of sp³-hybridized carbons (Fsp3) is 0.320. The van der Waals surface area contributed by atoms with Gasteiger partial charge in [-0.1, -0.05) is 62.4 Å². The van der Waals surface area contributed by atoms with E-state index in [4.69, 9.17) is 0 Å². The summed E-state index contributed by atoms with van der Waals surface area (Å²) in [5, 5.41) is 3.58. The summed E-state index contributed by atoms with van der Waals surface area (Å²) in [5.74, 6) is -0.197. The quantitative estimate of drug-likeness (QED) is 0.429. The van der Waals surface area contributed by atoms with Crippen molar-refractivity contribution in [2.24, 2.45) is 5.92 Å². The van der Waals surface area contributed by atoms with Gasteiger partial charge < -0.3 is 10.3 Å². The van der Waals surface area contributed by atoms with Crippen LogP contribution in [0.5, 0.6) is 0 Å². The minimum absolute atomic E-state index is 0.270. The highest BCUT2D eigenvalue weighted by molar-refractivity contribution is 6.17. The first-order valence-corrected chi connectivity index (χ1v) is 10.6. The van der Waals surface area contributed by atoms with E-state index in [9.17, 15) is 14.4 Å². The molecule has 0 aliphatic carbocycles. The van der Waals surface area contributed by atoms with E-state index in [0.717, 1.165) is 27.8 Å². The minimum Gasteiger partial charge on any atom is -0.354 e. The molecule has 1 aromatic heterocycles. The first kappa shape index (κ1) is 20.8. The highest BCUT2D eigenvalue weighted by atomic mass is 16.2. The fourth-order valence-electron chi connectivity index (χ4n) is 4.11. The largest absolute Gasteiger partial charge is 0.354 e. The Hall–Kier alpha value is -3.41. The molecule has 6 nitrogen and oxygen atoms in total. The number of aromatic nitrogens is 1. The predicted octanol–water partition coefficient (Wildman–Crippen LogP) is 4.76. The fourth-order valence-corrected chi connectivity index (χ4v) is 4.11. The Kier molecular flexibility index (Phi) is 5.39. The zero-order valence-corrected chi connectivity index (χ0v) is 18.1. The Morgan fingerprint density at radius 2 is 1.71 bits per heavy atom. The van der Waals surface area contributed by atoms with Gasteiger partial charge in [0.25, 0.3) is 5.91 Å². The lowest BCUT2D eigenvalue weighted by Crippen LogP contribution is -2.44. The van der Waals surface area contributed by atoms with Crippen LogP contribution < -0.4 is 5.32 Å². The molecular formula is C25H27N3O3. The number of amides is 3. The molecule has 2 aromatic carbocycles. The van der Waals surface area contributed by atoms with Crippen LogP contribution in [0.2, 0.25) is 0 Å². The topological polar surface area (TPSA) is 82.3 Å². The number of nitrogens with zero attached hydrogens (tertiary/aromatic N) is 1. The number of rotatable bonds is 7. The van der Waals surface area contributed by atoms with Crippen molar-refractivity contribution < 1.29 is 14.4 Å². The minimum atomic E-state index is -0.968. The maximum absolute atomic E-state index is 13.4. The number of fused-ring (bicyclic) bond motifs is 1. The average Bonchev–Trinajstić information content (AvgIpc) is 3.24. The molecule has 160 valence electrons. The Balaban J connectivity index is 1.66. The third-order valence-corrected chi connectivity index (χ3v) is 5.92. The third kappa shape index (κ3) is 3.85. The summed E-state index contributed by atoms with van der Waals surface area (Å²) in [5.41, 5.74) is 1.94. The Morgan fingerprint density at radius 3 is 2.42 bits per heavy atom. The second-order valence-corrected chi connectivity index (χ2v) is 8.80. The normalized spacial score (nSPS) is 18.8. The highest BCUT2D eigenvalue weighted by Gasteiger charge is 2.48. The van der Waals surface area contributed by atoms with Gasteiger partial charge in [0.2, 0.25) is 0 Å². The number of para-hydroxylation sites is 1. The molecule has 0 bridgehead atoms. The molecular weight excluding hydrogens is 390 g/mol. The molecule has 2 heterocycles. The van der Waals surface area contributed by atoms with Crippen LogP contribution in [0.15, 0.2) is 54.6 Å². The van der Waals surface area contributed by atoms with Crippen molar-refractivity contribution in [3.63, 3.8) is 0 Å². The number of urea groups is 1. The molecule has 3 amide bonds. The number of Topliss-reactive ketones (excluding diaryl/α,β-unsaturated/α-hetero) is 1. The lowest BCUT2D eigenvalue weighted by atomic mass is 9.92. The lowest BCUT2D eigenvalue weighted by Gasteiger charge is -2.22. The van der Waals surface area contributed by atoms with E-state index < -0.39 is 11.6 Å². The van der Waals surface area contributed by atoms with Crippen molar-refractivity contribution in [3.8, 4) is 11.3 Å². The average molecular weight is 418 g/mol. The van der Waals surface area contributed by atoms with E-state index in [1.807, 2.05) is 54.6 Å². The van der Waals surface area contributed by atoms with Crippen LogP contribution in [-0.2, 0) is 4.79 Å². The Bertz CT molecular complexity index is 1150. The molecule has 6 heteroatoms. The van der Waals surface area contributed by atoms with Crippen molar-refractivity contribution in [2.45, 2.75) is 39.2 Å². The molecule has 3 aromatic rings. The van der Waals surface area contributed by atoms with Gasteiger partial charge in [0.15, 0.2) is 5.78 Å². The van der Waals surface area contributed by atoms with E-state index in [0.29, 0.717) is 23.6 Å². The SMILES string of the molecule is CC(C)CC[C@]1(C)NC(=O)N(CC(=O)c2c(-c3ccccc3)[nH]c3ccccc23)C1=O. The van der Waals surface area contributed by atoms with Gasteiger partial charge in [-0.15, -0.1) is 0 Å². The molecule has 1 fully saturated rings. The van der Waals surface area contributed by atoms with Crippen molar-refractivity contribution in [2.75, 3.05) is 6.54 Å². The molecule has 1 aliphatic heterocycles. The number of hydrogen-bond donors (Lipinski definition) is 2. The smallest absolute Gasteiger partial charge is 0.325 e. The predicted molar refractivity (Wildman–Crippen MR) is 121 cm³/mol. The summed E-state index contributed by atoms with van der Waals surface area (Å²) in [6.45, 7) is 5.60. The number of nitrogens with one attached hydrogen (secondary N) is 2. The maximum atomic E-state index is 13.4. The van der Waals surface area contributed by atoms with Crippen molar-refractivity contribution in [3.05, 3.63) is 60.2 Å². The zero-order chi connectivity index (χ0) is 22.2. The molecule has 1 atom stereocenters. The molecule has 1 saturated heterocycles. The van der Waals surface area contributed by atoms with Gasteiger partial charge in [-0.3, -0.25) is 14.5 Å². The summed E-state index contributed by atoms with van der Waals surface area (Å²) < 4.78 is 0. The van der Waals surface area contributed by atoms with Crippen LogP contribution in [0, 0.1) is 5.92 Å². The molecule has 1 aliphatic rings. The van der Waals surface area contributed by atoms with Gasteiger partial charge >= 0.3 is 6.03 Å². The van der Waals surface area contributed by atoms with Crippen LogP contribution in [0.3, 0.4) is 0 Å². The van der Waals surface area contributed by atoms with Crippen molar-refractivity contribution in [1.82, 2.24) is 15.2 Å². The van der Waals surface area contributed by atoms with Crippen LogP contribution in [0.1, 0.15) is 44.0 Å². The molecule has 2 N–H and O–H groups in total. The highest BCUT2D eigenvalue weighted by Crippen LogP contribution is 2.32. The molecule has 0 saturated carbocycles. The van der Waals surface area contributed by atoms with Gasteiger partial charge in [-0.2, -0.15) is 0 Å². The number of carbonyl (C=O) groups is 3. The molecule has 0 unspecified atom stereocenters. The van der Waals surface area contributed by atoms with Gasteiger partial charge in [0.1, 0.15) is 5.54 Å². The second-order valence-electron chi connectivity index (χ2n) is 8.80. The van der Waals surface area contributed by atoms with E-state index >= 15 is 0 Å². The first-order valence-electron chi connectivity index (χ1n) is 10.6. The number of hydrogen-bond acceptors (Lipinski definition) is 3. The van der Waals surface area contributed by atoms with Gasteiger partial charge in [0.05, 0.1) is 17.8 Å². The zero-order valence-electron chi connectivity index (χ0n) is 18.1. The molecule has 0 spiro atoms. The number of imide groups is 1. The van der Waals surface area contributed by atoms with Crippen molar-refractivity contribution >= 4 is 28.6 Å². The molecule has 4 rings (SSSR count). The van der Waals surface area contributed by atoms with Gasteiger partial charge in [-0.25, -0.2) is 4.79 Å². The summed E-state index contributed by atoms with van der Waals surface area (Å²) in [4.78, 5) is 43.5. The summed E-state index contributed by atoms with van der Waals surface area (Å²) in [7, 11) is 0.